The zero-order valence-electron chi connectivity index (χ0n) is 13.7. The lowest BCUT2D eigenvalue weighted by Crippen LogP contribution is -2.33. The molecule has 3 rings (SSSR count). The average molecular weight is 360 g/mol. The summed E-state index contributed by atoms with van der Waals surface area (Å²) in [4.78, 5) is 26.6. The maximum absolute atomic E-state index is 13.3. The van der Waals surface area contributed by atoms with Crippen LogP contribution in [-0.2, 0) is 13.6 Å². The molecule has 0 radical (unpaired) electrons. The van der Waals surface area contributed by atoms with Crippen LogP contribution in [0.1, 0.15) is 16.1 Å². The van der Waals surface area contributed by atoms with E-state index in [1.165, 1.54) is 34.8 Å². The molecule has 0 aliphatic carbocycles. The van der Waals surface area contributed by atoms with Gasteiger partial charge < -0.3 is 4.90 Å². The molecule has 0 aliphatic rings. The van der Waals surface area contributed by atoms with Crippen molar-refractivity contribution in [3.8, 4) is 0 Å². The molecule has 0 saturated heterocycles. The van der Waals surface area contributed by atoms with E-state index < -0.39 is 11.3 Å². The number of carbonyl (C=O) groups excluding carboxylic acids is 1. The van der Waals surface area contributed by atoms with Gasteiger partial charge in [-0.2, -0.15) is 5.10 Å². The fraction of sp³-hybridized carbons (Fsp3) is 0.167. The molecule has 0 saturated carbocycles. The predicted octanol–water partition coefficient (Wildman–Crippen LogP) is 3.00. The van der Waals surface area contributed by atoms with Gasteiger partial charge in [-0.05, 0) is 35.9 Å². The van der Waals surface area contributed by atoms with E-state index in [0.717, 1.165) is 0 Å². The van der Waals surface area contributed by atoms with E-state index in [1.807, 2.05) is 0 Å². The molecular weight excluding hydrogens is 345 g/mol. The fourth-order valence-corrected chi connectivity index (χ4v) is 2.82. The fourth-order valence-electron chi connectivity index (χ4n) is 2.65. The number of halogens is 2. The van der Waals surface area contributed by atoms with Crippen molar-refractivity contribution >= 4 is 28.4 Å². The molecule has 0 unspecified atom stereocenters. The molecule has 1 heterocycles. The normalized spacial score (nSPS) is 10.9. The van der Waals surface area contributed by atoms with E-state index in [2.05, 4.69) is 5.10 Å². The molecule has 3 aromatic rings. The highest BCUT2D eigenvalue weighted by atomic mass is 35.5. The van der Waals surface area contributed by atoms with Crippen molar-refractivity contribution in [3.63, 3.8) is 0 Å². The Hall–Kier alpha value is -2.73. The molecule has 25 heavy (non-hydrogen) atoms. The summed E-state index contributed by atoms with van der Waals surface area (Å²) in [7, 11) is 3.19. The molecular formula is C18H15ClFN3O2. The summed E-state index contributed by atoms with van der Waals surface area (Å²) in [5, 5.41) is 4.84. The highest BCUT2D eigenvalue weighted by Gasteiger charge is 2.20. The molecule has 0 aliphatic heterocycles. The number of hydrogen-bond donors (Lipinski definition) is 0. The van der Waals surface area contributed by atoms with Gasteiger partial charge in [-0.1, -0.05) is 23.7 Å². The Morgan fingerprint density at radius 3 is 2.76 bits per heavy atom. The largest absolute Gasteiger partial charge is 0.336 e. The standard InChI is InChI=1S/C18H15ClFN3O2/c1-22(10-11-4-3-5-13(20)8-11)18(25)16-17(24)14-9-12(19)6-7-15(14)23(2)21-16/h3-9H,10H2,1-2H3. The van der Waals surface area contributed by atoms with Crippen LogP contribution in [0, 0.1) is 5.82 Å². The monoisotopic (exact) mass is 359 g/mol. The van der Waals surface area contributed by atoms with Gasteiger partial charge in [0.1, 0.15) is 5.82 Å². The Morgan fingerprint density at radius 1 is 1.28 bits per heavy atom. The Morgan fingerprint density at radius 2 is 2.04 bits per heavy atom. The average Bonchev–Trinajstić information content (AvgIpc) is 2.57. The van der Waals surface area contributed by atoms with Gasteiger partial charge in [-0.25, -0.2) is 4.39 Å². The Labute approximate surface area is 148 Å². The molecule has 128 valence electrons. The number of rotatable bonds is 3. The smallest absolute Gasteiger partial charge is 0.278 e. The number of amides is 1. The molecule has 0 fully saturated rings. The maximum atomic E-state index is 13.3. The van der Waals surface area contributed by atoms with Gasteiger partial charge in [-0.3, -0.25) is 14.3 Å². The zero-order chi connectivity index (χ0) is 18.1. The number of aromatic nitrogens is 2. The number of nitrogens with zero attached hydrogens (tertiary/aromatic N) is 3. The van der Waals surface area contributed by atoms with Crippen molar-refractivity contribution in [2.45, 2.75) is 6.54 Å². The van der Waals surface area contributed by atoms with Crippen molar-refractivity contribution < 1.29 is 9.18 Å². The first-order valence-corrected chi connectivity index (χ1v) is 7.91. The van der Waals surface area contributed by atoms with Crippen molar-refractivity contribution in [2.75, 3.05) is 7.05 Å². The van der Waals surface area contributed by atoms with Crippen LogP contribution in [-0.4, -0.2) is 27.6 Å². The van der Waals surface area contributed by atoms with E-state index >= 15 is 0 Å². The molecule has 1 aromatic heterocycles. The van der Waals surface area contributed by atoms with Crippen LogP contribution in [0.25, 0.3) is 10.9 Å². The molecule has 5 nitrogen and oxygen atoms in total. The first kappa shape index (κ1) is 17.1. The van der Waals surface area contributed by atoms with E-state index in [1.54, 1.807) is 31.3 Å². The van der Waals surface area contributed by atoms with Crippen molar-refractivity contribution in [1.82, 2.24) is 14.7 Å². The van der Waals surface area contributed by atoms with Crippen LogP contribution in [0.2, 0.25) is 5.02 Å². The molecule has 0 spiro atoms. The van der Waals surface area contributed by atoms with Gasteiger partial charge in [0.05, 0.1) is 10.9 Å². The molecule has 7 heteroatoms. The second-order valence-electron chi connectivity index (χ2n) is 5.75. The third kappa shape index (κ3) is 3.39. The Kier molecular flexibility index (Phi) is 4.55. The second-order valence-corrected chi connectivity index (χ2v) is 6.19. The van der Waals surface area contributed by atoms with E-state index in [4.69, 9.17) is 11.6 Å². The molecule has 2 aromatic carbocycles. The molecule has 1 amide bonds. The number of benzene rings is 2. The minimum atomic E-state index is -0.535. The van der Waals surface area contributed by atoms with E-state index in [0.29, 0.717) is 21.5 Å². The first-order chi connectivity index (χ1) is 11.9. The van der Waals surface area contributed by atoms with Crippen LogP contribution in [0.15, 0.2) is 47.3 Å². The number of fused-ring (bicyclic) bond motifs is 1. The van der Waals surface area contributed by atoms with Gasteiger partial charge >= 0.3 is 0 Å². The predicted molar refractivity (Wildman–Crippen MR) is 94.2 cm³/mol. The summed E-state index contributed by atoms with van der Waals surface area (Å²) < 4.78 is 14.8. The summed E-state index contributed by atoms with van der Waals surface area (Å²) in [5.74, 6) is -0.917. The second kappa shape index (κ2) is 6.64. The summed E-state index contributed by atoms with van der Waals surface area (Å²) in [6, 6.07) is 10.8. The van der Waals surface area contributed by atoms with Crippen LogP contribution in [0.5, 0.6) is 0 Å². The third-order valence-corrected chi connectivity index (χ3v) is 4.11. The highest BCUT2D eigenvalue weighted by molar-refractivity contribution is 6.31. The van der Waals surface area contributed by atoms with Gasteiger partial charge in [0.25, 0.3) is 5.91 Å². The summed E-state index contributed by atoms with van der Waals surface area (Å²) >= 11 is 5.96. The van der Waals surface area contributed by atoms with Crippen LogP contribution in [0.3, 0.4) is 0 Å². The van der Waals surface area contributed by atoms with Gasteiger partial charge in [0, 0.05) is 25.7 Å². The molecule has 0 N–H and O–H groups in total. The topological polar surface area (TPSA) is 55.2 Å². The van der Waals surface area contributed by atoms with Crippen LogP contribution in [0.4, 0.5) is 4.39 Å². The van der Waals surface area contributed by atoms with Crippen molar-refractivity contribution in [1.29, 1.82) is 0 Å². The molecule has 0 bridgehead atoms. The lowest BCUT2D eigenvalue weighted by molar-refractivity contribution is 0.0775. The number of aryl methyl sites for hydroxylation is 1. The Bertz CT molecular complexity index is 1030. The summed E-state index contributed by atoms with van der Waals surface area (Å²) in [6.45, 7) is 0.162. The maximum Gasteiger partial charge on any atom is 0.278 e. The summed E-state index contributed by atoms with van der Waals surface area (Å²) in [5.41, 5.74) is 0.526. The quantitative estimate of drug-likeness (QED) is 0.722. The van der Waals surface area contributed by atoms with Crippen LogP contribution < -0.4 is 5.43 Å². The van der Waals surface area contributed by atoms with Crippen molar-refractivity contribution in [2.24, 2.45) is 7.05 Å². The molecule has 0 atom stereocenters. The minimum Gasteiger partial charge on any atom is -0.336 e. The van der Waals surface area contributed by atoms with Crippen molar-refractivity contribution in [3.05, 3.63) is 74.8 Å². The Balaban J connectivity index is 1.99. The number of hydrogen-bond acceptors (Lipinski definition) is 3. The first-order valence-electron chi connectivity index (χ1n) is 7.53. The number of carbonyl (C=O) groups is 1. The van der Waals surface area contributed by atoms with Gasteiger partial charge in [0.2, 0.25) is 5.43 Å². The highest BCUT2D eigenvalue weighted by Crippen LogP contribution is 2.16. The van der Waals surface area contributed by atoms with Crippen LogP contribution >= 0.6 is 11.6 Å². The third-order valence-electron chi connectivity index (χ3n) is 3.87. The lowest BCUT2D eigenvalue weighted by atomic mass is 10.1. The van der Waals surface area contributed by atoms with E-state index in [9.17, 15) is 14.0 Å². The van der Waals surface area contributed by atoms with Gasteiger partial charge in [0.15, 0.2) is 5.69 Å². The van der Waals surface area contributed by atoms with E-state index in [-0.39, 0.29) is 18.1 Å². The summed E-state index contributed by atoms with van der Waals surface area (Å²) in [6.07, 6.45) is 0. The van der Waals surface area contributed by atoms with Gasteiger partial charge in [-0.15, -0.1) is 0 Å². The zero-order valence-corrected chi connectivity index (χ0v) is 14.4. The minimum absolute atomic E-state index is 0.162. The lowest BCUT2D eigenvalue weighted by Gasteiger charge is -2.17. The SMILES string of the molecule is CN(Cc1cccc(F)c1)C(=O)c1nn(C)c2ccc(Cl)cc2c1=O.